The number of hydrogen-bond acceptors (Lipinski definition) is 3. The lowest BCUT2D eigenvalue weighted by Gasteiger charge is -2.14. The molecule has 1 rings (SSSR count). The van der Waals surface area contributed by atoms with Crippen LogP contribution in [0, 0.1) is 0 Å². The third kappa shape index (κ3) is 3.37. The van der Waals surface area contributed by atoms with Crippen LogP contribution in [0.15, 0.2) is 12.1 Å². The van der Waals surface area contributed by atoms with Gasteiger partial charge in [-0.1, -0.05) is 6.92 Å². The molecule has 1 aromatic carbocycles. The number of rotatable bonds is 6. The van der Waals surface area contributed by atoms with Crippen molar-refractivity contribution in [2.24, 2.45) is 0 Å². The molecule has 1 N–H and O–H groups in total. The summed E-state index contributed by atoms with van der Waals surface area (Å²) in [7, 11) is 3.19. The number of aliphatic carboxylic acids is 1. The maximum atomic E-state index is 10.6. The number of carboxylic acids is 1. The van der Waals surface area contributed by atoms with E-state index in [1.54, 1.807) is 14.2 Å². The number of hydrogen-bond donors (Lipinski definition) is 1. The van der Waals surface area contributed by atoms with E-state index in [2.05, 4.69) is 0 Å². The van der Waals surface area contributed by atoms with E-state index in [-0.39, 0.29) is 6.42 Å². The molecule has 4 heteroatoms. The number of aryl methyl sites for hydroxylation is 1. The first-order valence-electron chi connectivity index (χ1n) is 5.57. The fraction of sp³-hybridized carbons (Fsp3) is 0.462. The van der Waals surface area contributed by atoms with Gasteiger partial charge < -0.3 is 14.6 Å². The monoisotopic (exact) mass is 238 g/mol. The average molecular weight is 238 g/mol. The maximum Gasteiger partial charge on any atom is 0.303 e. The molecule has 17 heavy (non-hydrogen) atoms. The normalized spacial score (nSPS) is 10.1. The first-order chi connectivity index (χ1) is 8.12. The molecule has 94 valence electrons. The van der Waals surface area contributed by atoms with Crippen molar-refractivity contribution >= 4 is 5.97 Å². The Bertz CT molecular complexity index is 399. The molecule has 0 heterocycles. The lowest BCUT2D eigenvalue weighted by atomic mass is 9.99. The summed E-state index contributed by atoms with van der Waals surface area (Å²) >= 11 is 0. The third-order valence-corrected chi connectivity index (χ3v) is 2.69. The van der Waals surface area contributed by atoms with Crippen molar-refractivity contribution in [3.8, 4) is 11.5 Å². The lowest BCUT2D eigenvalue weighted by molar-refractivity contribution is -0.136. The van der Waals surface area contributed by atoms with E-state index in [9.17, 15) is 4.79 Å². The van der Waals surface area contributed by atoms with Gasteiger partial charge in [0.15, 0.2) is 0 Å². The van der Waals surface area contributed by atoms with E-state index in [1.165, 1.54) is 0 Å². The van der Waals surface area contributed by atoms with Gasteiger partial charge in [-0.2, -0.15) is 0 Å². The van der Waals surface area contributed by atoms with Gasteiger partial charge in [-0.05, 0) is 30.0 Å². The summed E-state index contributed by atoms with van der Waals surface area (Å²) < 4.78 is 10.5. The van der Waals surface area contributed by atoms with Crippen LogP contribution in [0.3, 0.4) is 0 Å². The van der Waals surface area contributed by atoms with Gasteiger partial charge in [0.2, 0.25) is 0 Å². The summed E-state index contributed by atoms with van der Waals surface area (Å²) in [6.45, 7) is 2.02. The zero-order valence-corrected chi connectivity index (χ0v) is 10.4. The second kappa shape index (κ2) is 6.13. The fourth-order valence-electron chi connectivity index (χ4n) is 1.84. The van der Waals surface area contributed by atoms with E-state index >= 15 is 0 Å². The lowest BCUT2D eigenvalue weighted by Crippen LogP contribution is -2.03. The highest BCUT2D eigenvalue weighted by Gasteiger charge is 2.11. The summed E-state index contributed by atoms with van der Waals surface area (Å²) in [6, 6.07) is 3.70. The molecule has 0 aromatic heterocycles. The molecule has 0 aliphatic rings. The van der Waals surface area contributed by atoms with Crippen LogP contribution in [0.5, 0.6) is 11.5 Å². The minimum Gasteiger partial charge on any atom is -0.497 e. The quantitative estimate of drug-likeness (QED) is 0.826. The SMILES string of the molecule is CCc1c(CCC(=O)O)cc(OC)cc1OC. The van der Waals surface area contributed by atoms with Crippen molar-refractivity contribution in [1.82, 2.24) is 0 Å². The molecule has 0 radical (unpaired) electrons. The van der Waals surface area contributed by atoms with Crippen LogP contribution in [0.1, 0.15) is 24.5 Å². The number of carbonyl (C=O) groups is 1. The number of carboxylic acid groups (broad SMARTS) is 1. The molecule has 4 nitrogen and oxygen atoms in total. The zero-order valence-electron chi connectivity index (χ0n) is 10.4. The largest absolute Gasteiger partial charge is 0.497 e. The Morgan fingerprint density at radius 3 is 2.47 bits per heavy atom. The highest BCUT2D eigenvalue weighted by Crippen LogP contribution is 2.30. The summed E-state index contributed by atoms with van der Waals surface area (Å²) in [5, 5.41) is 8.73. The van der Waals surface area contributed by atoms with E-state index in [4.69, 9.17) is 14.6 Å². The highest BCUT2D eigenvalue weighted by atomic mass is 16.5. The van der Waals surface area contributed by atoms with Crippen molar-refractivity contribution < 1.29 is 19.4 Å². The molecule has 0 spiro atoms. The highest BCUT2D eigenvalue weighted by molar-refractivity contribution is 5.67. The van der Waals surface area contributed by atoms with Crippen molar-refractivity contribution in [2.75, 3.05) is 14.2 Å². The van der Waals surface area contributed by atoms with Crippen molar-refractivity contribution in [1.29, 1.82) is 0 Å². The Morgan fingerprint density at radius 1 is 1.29 bits per heavy atom. The van der Waals surface area contributed by atoms with Crippen LogP contribution >= 0.6 is 0 Å². The van der Waals surface area contributed by atoms with Crippen LogP contribution in [-0.4, -0.2) is 25.3 Å². The number of ether oxygens (including phenoxy) is 2. The molecular weight excluding hydrogens is 220 g/mol. The van der Waals surface area contributed by atoms with Gasteiger partial charge in [0.05, 0.1) is 14.2 Å². The van der Waals surface area contributed by atoms with Crippen LogP contribution in [0.2, 0.25) is 0 Å². The Hall–Kier alpha value is -1.71. The molecule has 0 saturated heterocycles. The van der Waals surface area contributed by atoms with Crippen LogP contribution in [0.25, 0.3) is 0 Å². The topological polar surface area (TPSA) is 55.8 Å². The van der Waals surface area contributed by atoms with E-state index in [0.29, 0.717) is 12.2 Å². The van der Waals surface area contributed by atoms with Gasteiger partial charge in [-0.15, -0.1) is 0 Å². The van der Waals surface area contributed by atoms with E-state index < -0.39 is 5.97 Å². The Kier molecular flexibility index (Phi) is 4.82. The van der Waals surface area contributed by atoms with E-state index in [1.807, 2.05) is 19.1 Å². The minimum absolute atomic E-state index is 0.114. The molecule has 0 fully saturated rings. The molecule has 0 unspecified atom stereocenters. The predicted molar refractivity (Wildman–Crippen MR) is 64.9 cm³/mol. The minimum atomic E-state index is -0.797. The number of benzene rings is 1. The fourth-order valence-corrected chi connectivity index (χ4v) is 1.84. The smallest absolute Gasteiger partial charge is 0.303 e. The maximum absolute atomic E-state index is 10.6. The average Bonchev–Trinajstić information content (AvgIpc) is 2.34. The molecule has 0 aliphatic carbocycles. The molecule has 0 aliphatic heterocycles. The van der Waals surface area contributed by atoms with E-state index in [0.717, 1.165) is 23.3 Å². The Morgan fingerprint density at radius 2 is 2.00 bits per heavy atom. The Labute approximate surface area is 101 Å². The van der Waals surface area contributed by atoms with Crippen molar-refractivity contribution in [3.05, 3.63) is 23.3 Å². The number of methoxy groups -OCH3 is 2. The molecule has 0 amide bonds. The summed E-state index contributed by atoms with van der Waals surface area (Å²) in [6.07, 6.45) is 1.41. The first kappa shape index (κ1) is 13.4. The van der Waals surface area contributed by atoms with Gasteiger partial charge in [0.25, 0.3) is 0 Å². The Balaban J connectivity index is 3.10. The van der Waals surface area contributed by atoms with Crippen molar-refractivity contribution in [2.45, 2.75) is 26.2 Å². The third-order valence-electron chi connectivity index (χ3n) is 2.69. The molecular formula is C13H18O4. The van der Waals surface area contributed by atoms with Crippen molar-refractivity contribution in [3.63, 3.8) is 0 Å². The molecule has 0 atom stereocenters. The van der Waals surface area contributed by atoms with Crippen LogP contribution < -0.4 is 9.47 Å². The standard InChI is InChI=1S/C13H18O4/c1-4-11-9(5-6-13(14)15)7-10(16-2)8-12(11)17-3/h7-8H,4-6H2,1-3H3,(H,14,15). The predicted octanol–water partition coefficient (Wildman–Crippen LogP) is 2.28. The van der Waals surface area contributed by atoms with Crippen LogP contribution in [-0.2, 0) is 17.6 Å². The van der Waals surface area contributed by atoms with Gasteiger partial charge in [0, 0.05) is 12.5 Å². The summed E-state index contributed by atoms with van der Waals surface area (Å²) in [5.74, 6) is 0.653. The summed E-state index contributed by atoms with van der Waals surface area (Å²) in [5.41, 5.74) is 2.03. The first-order valence-corrected chi connectivity index (χ1v) is 5.57. The molecule has 0 saturated carbocycles. The van der Waals surface area contributed by atoms with Gasteiger partial charge in [0.1, 0.15) is 11.5 Å². The van der Waals surface area contributed by atoms with Gasteiger partial charge in [-0.3, -0.25) is 4.79 Å². The zero-order chi connectivity index (χ0) is 12.8. The van der Waals surface area contributed by atoms with Gasteiger partial charge >= 0.3 is 5.97 Å². The molecule has 1 aromatic rings. The van der Waals surface area contributed by atoms with Crippen LogP contribution in [0.4, 0.5) is 0 Å². The second-order valence-electron chi connectivity index (χ2n) is 3.71. The van der Waals surface area contributed by atoms with Gasteiger partial charge in [-0.25, -0.2) is 0 Å². The summed E-state index contributed by atoms with van der Waals surface area (Å²) in [4.78, 5) is 10.6. The molecule has 0 bridgehead atoms. The second-order valence-corrected chi connectivity index (χ2v) is 3.71.